The molecular formula is C17H16N4O8. The second kappa shape index (κ2) is 8.73. The highest BCUT2D eigenvalue weighted by molar-refractivity contribution is 5.94. The molecule has 2 aromatic rings. The van der Waals surface area contributed by atoms with E-state index in [1.54, 1.807) is 6.07 Å². The molecule has 0 spiro atoms. The molecule has 12 nitrogen and oxygen atoms in total. The highest BCUT2D eigenvalue weighted by atomic mass is 16.6. The Labute approximate surface area is 163 Å². The molecule has 0 aliphatic rings. The first kappa shape index (κ1) is 21.2. The maximum atomic E-state index is 12.6. The van der Waals surface area contributed by atoms with E-state index in [1.165, 1.54) is 12.1 Å². The van der Waals surface area contributed by atoms with Gasteiger partial charge in [-0.2, -0.15) is 0 Å². The molecule has 0 saturated carbocycles. The molecule has 2 N–H and O–H groups in total. The summed E-state index contributed by atoms with van der Waals surface area (Å²) in [5.74, 6) is -2.05. The average molecular weight is 404 g/mol. The normalized spacial score (nSPS) is 10.4. The fourth-order valence-electron chi connectivity index (χ4n) is 2.60. The topological polar surface area (TPSA) is 182 Å². The number of anilines is 1. The number of rotatable bonds is 8. The SMILES string of the molecule is CCCCc1cc(N)ccc1C(=O)Oc1c([N+](=O)[O-])cc([N+](=O)[O-])cc1[N+](=O)[O-]. The lowest BCUT2D eigenvalue weighted by Crippen LogP contribution is -2.14. The van der Waals surface area contributed by atoms with Crippen molar-refractivity contribution >= 4 is 28.7 Å². The predicted molar refractivity (Wildman–Crippen MR) is 101 cm³/mol. The van der Waals surface area contributed by atoms with E-state index >= 15 is 0 Å². The molecule has 0 unspecified atom stereocenters. The van der Waals surface area contributed by atoms with Gasteiger partial charge in [0.15, 0.2) is 0 Å². The Kier molecular flexibility index (Phi) is 6.39. The minimum Gasteiger partial charge on any atom is -0.408 e. The molecule has 29 heavy (non-hydrogen) atoms. The summed E-state index contributed by atoms with van der Waals surface area (Å²) in [5, 5.41) is 33.5. The fourth-order valence-corrected chi connectivity index (χ4v) is 2.60. The van der Waals surface area contributed by atoms with Crippen molar-refractivity contribution in [3.63, 3.8) is 0 Å². The van der Waals surface area contributed by atoms with Crippen LogP contribution in [0.1, 0.15) is 35.7 Å². The maximum Gasteiger partial charge on any atom is 0.344 e. The maximum absolute atomic E-state index is 12.6. The Morgan fingerprint density at radius 3 is 2.07 bits per heavy atom. The summed E-state index contributed by atoms with van der Waals surface area (Å²) in [5.41, 5.74) is 3.67. The van der Waals surface area contributed by atoms with Crippen molar-refractivity contribution in [1.29, 1.82) is 0 Å². The Hall–Kier alpha value is -4.09. The first-order valence-corrected chi connectivity index (χ1v) is 8.37. The van der Waals surface area contributed by atoms with E-state index in [-0.39, 0.29) is 5.56 Å². The molecule has 0 amide bonds. The van der Waals surface area contributed by atoms with Gasteiger partial charge >= 0.3 is 17.3 Å². The molecular weight excluding hydrogens is 388 g/mol. The van der Waals surface area contributed by atoms with Crippen LogP contribution in [0.5, 0.6) is 5.75 Å². The smallest absolute Gasteiger partial charge is 0.344 e. The van der Waals surface area contributed by atoms with Gasteiger partial charge in [-0.25, -0.2) is 4.79 Å². The zero-order chi connectivity index (χ0) is 21.7. The zero-order valence-electron chi connectivity index (χ0n) is 15.2. The van der Waals surface area contributed by atoms with Crippen LogP contribution in [0.2, 0.25) is 0 Å². The van der Waals surface area contributed by atoms with Gasteiger partial charge in [0.2, 0.25) is 0 Å². The van der Waals surface area contributed by atoms with Crippen LogP contribution in [0.3, 0.4) is 0 Å². The molecule has 0 fully saturated rings. The van der Waals surface area contributed by atoms with Gasteiger partial charge in [0, 0.05) is 5.69 Å². The van der Waals surface area contributed by atoms with Crippen molar-refractivity contribution in [2.75, 3.05) is 5.73 Å². The van der Waals surface area contributed by atoms with Gasteiger partial charge in [0.1, 0.15) is 0 Å². The first-order chi connectivity index (χ1) is 13.6. The van der Waals surface area contributed by atoms with Gasteiger partial charge in [-0.3, -0.25) is 30.3 Å². The third-order valence-corrected chi connectivity index (χ3v) is 3.98. The molecule has 152 valence electrons. The molecule has 0 bridgehead atoms. The molecule has 0 aliphatic heterocycles. The van der Waals surface area contributed by atoms with Crippen molar-refractivity contribution < 1.29 is 24.3 Å². The van der Waals surface area contributed by atoms with Crippen molar-refractivity contribution in [2.24, 2.45) is 0 Å². The number of nitro benzene ring substituents is 3. The average Bonchev–Trinajstić information content (AvgIpc) is 2.65. The Balaban J connectivity index is 2.56. The van der Waals surface area contributed by atoms with Crippen molar-refractivity contribution in [1.82, 2.24) is 0 Å². The lowest BCUT2D eigenvalue weighted by atomic mass is 10.0. The third-order valence-electron chi connectivity index (χ3n) is 3.98. The minimum absolute atomic E-state index is 0.0367. The number of ether oxygens (including phenoxy) is 1. The van der Waals surface area contributed by atoms with Crippen LogP contribution < -0.4 is 10.5 Å². The number of non-ortho nitro benzene ring substituents is 1. The number of carbonyl (C=O) groups is 1. The number of nitrogen functional groups attached to an aromatic ring is 1. The molecule has 0 radical (unpaired) electrons. The van der Waals surface area contributed by atoms with E-state index in [0.29, 0.717) is 29.8 Å². The summed E-state index contributed by atoms with van der Waals surface area (Å²) in [4.78, 5) is 42.9. The molecule has 2 rings (SSSR count). The molecule has 0 aliphatic carbocycles. The zero-order valence-corrected chi connectivity index (χ0v) is 15.2. The largest absolute Gasteiger partial charge is 0.408 e. The number of hydrogen-bond acceptors (Lipinski definition) is 9. The van der Waals surface area contributed by atoms with Crippen LogP contribution in [-0.4, -0.2) is 20.7 Å². The monoisotopic (exact) mass is 404 g/mol. The first-order valence-electron chi connectivity index (χ1n) is 8.37. The van der Waals surface area contributed by atoms with Gasteiger partial charge < -0.3 is 10.5 Å². The van der Waals surface area contributed by atoms with Gasteiger partial charge in [0.05, 0.1) is 32.5 Å². The predicted octanol–water partition coefficient (Wildman–Crippen LogP) is 3.56. The Bertz CT molecular complexity index is 970. The lowest BCUT2D eigenvalue weighted by molar-refractivity contribution is -0.404. The van der Waals surface area contributed by atoms with Crippen molar-refractivity contribution in [3.05, 3.63) is 71.8 Å². The van der Waals surface area contributed by atoms with Gasteiger partial charge in [-0.15, -0.1) is 0 Å². The Morgan fingerprint density at radius 2 is 1.59 bits per heavy atom. The van der Waals surface area contributed by atoms with E-state index in [1.807, 2.05) is 6.92 Å². The quantitative estimate of drug-likeness (QED) is 0.226. The number of carbonyl (C=O) groups excluding carboxylic acids is 1. The number of aryl methyl sites for hydroxylation is 1. The van der Waals surface area contributed by atoms with Crippen molar-refractivity contribution in [2.45, 2.75) is 26.2 Å². The molecule has 0 aromatic heterocycles. The number of unbranched alkanes of at least 4 members (excludes halogenated alkanes) is 1. The molecule has 2 aromatic carbocycles. The second-order valence-electron chi connectivity index (χ2n) is 5.99. The van der Waals surface area contributed by atoms with Gasteiger partial charge in [0.25, 0.3) is 11.4 Å². The van der Waals surface area contributed by atoms with E-state index in [4.69, 9.17) is 10.5 Å². The number of nitrogens with zero attached hydrogens (tertiary/aromatic N) is 3. The molecule has 0 saturated heterocycles. The van der Waals surface area contributed by atoms with E-state index in [9.17, 15) is 35.1 Å². The number of esters is 1. The van der Waals surface area contributed by atoms with Crippen LogP contribution in [0.15, 0.2) is 30.3 Å². The second-order valence-corrected chi connectivity index (χ2v) is 5.99. The summed E-state index contributed by atoms with van der Waals surface area (Å²) >= 11 is 0. The number of nitrogens with two attached hydrogens (primary N) is 1. The Morgan fingerprint density at radius 1 is 1.00 bits per heavy atom. The van der Waals surface area contributed by atoms with Crippen LogP contribution in [0.25, 0.3) is 0 Å². The minimum atomic E-state index is -1.09. The molecule has 0 atom stereocenters. The highest BCUT2D eigenvalue weighted by Crippen LogP contribution is 2.41. The van der Waals surface area contributed by atoms with Crippen LogP contribution in [0, 0.1) is 30.3 Å². The van der Waals surface area contributed by atoms with Crippen LogP contribution in [-0.2, 0) is 6.42 Å². The van der Waals surface area contributed by atoms with Gasteiger partial charge in [-0.1, -0.05) is 13.3 Å². The van der Waals surface area contributed by atoms with E-state index in [0.717, 1.165) is 12.8 Å². The summed E-state index contributed by atoms with van der Waals surface area (Å²) in [6.07, 6.45) is 2.01. The summed E-state index contributed by atoms with van der Waals surface area (Å²) < 4.78 is 4.99. The summed E-state index contributed by atoms with van der Waals surface area (Å²) in [6.45, 7) is 1.94. The van der Waals surface area contributed by atoms with E-state index < -0.39 is 43.6 Å². The van der Waals surface area contributed by atoms with Crippen LogP contribution in [0.4, 0.5) is 22.7 Å². The van der Waals surface area contributed by atoms with E-state index in [2.05, 4.69) is 0 Å². The van der Waals surface area contributed by atoms with Crippen LogP contribution >= 0.6 is 0 Å². The van der Waals surface area contributed by atoms with Gasteiger partial charge in [-0.05, 0) is 36.6 Å². The van der Waals surface area contributed by atoms with Crippen molar-refractivity contribution in [3.8, 4) is 5.75 Å². The standard InChI is InChI=1S/C17H16N4O8/c1-2-3-4-10-7-11(18)5-6-13(10)17(22)29-16-14(20(25)26)8-12(19(23)24)9-15(16)21(27)28/h5-9H,2-4,18H2,1H3. The number of benzene rings is 2. The summed E-state index contributed by atoms with van der Waals surface area (Å²) in [7, 11) is 0. The number of nitro groups is 3. The number of hydrogen-bond donors (Lipinski definition) is 1. The highest BCUT2D eigenvalue weighted by Gasteiger charge is 2.34. The third kappa shape index (κ3) is 4.80. The lowest BCUT2D eigenvalue weighted by Gasteiger charge is -2.10. The summed E-state index contributed by atoms with van der Waals surface area (Å²) in [6, 6.07) is 5.31. The fraction of sp³-hybridized carbons (Fsp3) is 0.235. The molecule has 12 heteroatoms. The molecule has 0 heterocycles.